The molecule has 2 aromatic heterocycles. The number of amides is 1. The van der Waals surface area contributed by atoms with E-state index >= 15 is 0 Å². The van der Waals surface area contributed by atoms with Gasteiger partial charge in [0.05, 0.1) is 31.1 Å². The number of hydrogen-bond acceptors (Lipinski definition) is 9. The average Bonchev–Trinajstić information content (AvgIpc) is 3.35. The number of cyclic esters (lactones) is 1. The van der Waals surface area contributed by atoms with Gasteiger partial charge in [-0.1, -0.05) is 18.2 Å². The number of aliphatic carboxylic acids is 1. The van der Waals surface area contributed by atoms with Crippen molar-refractivity contribution < 1.29 is 33.6 Å². The van der Waals surface area contributed by atoms with Crippen LogP contribution in [0.15, 0.2) is 72.4 Å². The number of ether oxygens (including phenoxy) is 4. The number of aromatic nitrogens is 2. The number of allylic oxidation sites excluding steroid dienone is 4. The standard InChI is InChI=1S/C29H32N4O7.Li.H/c1-37-25-10-9-23-28(31-25)21(11-13-30-23)8-5-14-32(15-12-27(34)35)16-22-17-33(29(36)39-22)26-19-38-18-24(40-26)20-6-3-2-4-7-20;;/h2-3,6,9-11,13,18-19,22H,4-5,7-8,12,14-17H2,1H3,(H,34,35);;/t22-;;/m1../s1. The first-order valence-electron chi connectivity index (χ1n) is 13.3. The van der Waals surface area contributed by atoms with Crippen LogP contribution >= 0.6 is 0 Å². The van der Waals surface area contributed by atoms with Crippen molar-refractivity contribution in [3.8, 4) is 5.88 Å². The Morgan fingerprint density at radius 1 is 1.24 bits per heavy atom. The number of fused-ring (bicyclic) bond motifs is 1. The number of hydrogen-bond donors (Lipinski definition) is 1. The van der Waals surface area contributed by atoms with E-state index in [-0.39, 0.29) is 37.7 Å². The average molecular weight is 557 g/mol. The molecular formula is C29H33LiN4O7. The van der Waals surface area contributed by atoms with Gasteiger partial charge < -0.3 is 24.1 Å². The molecule has 4 heterocycles. The maximum atomic E-state index is 12.7. The molecule has 1 N–H and O–H groups in total. The summed E-state index contributed by atoms with van der Waals surface area (Å²) in [6.07, 6.45) is 12.9. The predicted molar refractivity (Wildman–Crippen MR) is 152 cm³/mol. The van der Waals surface area contributed by atoms with Gasteiger partial charge in [0, 0.05) is 25.4 Å². The zero-order valence-corrected chi connectivity index (χ0v) is 22.3. The number of carboxylic acid groups (broad SMARTS) is 1. The summed E-state index contributed by atoms with van der Waals surface area (Å²) in [7, 11) is 1.58. The molecule has 41 heavy (non-hydrogen) atoms. The van der Waals surface area contributed by atoms with Gasteiger partial charge in [-0.15, -0.1) is 0 Å². The zero-order chi connectivity index (χ0) is 27.9. The van der Waals surface area contributed by atoms with Crippen molar-refractivity contribution in [3.63, 3.8) is 0 Å². The first kappa shape index (κ1) is 30.2. The molecule has 1 saturated heterocycles. The predicted octanol–water partition coefficient (Wildman–Crippen LogP) is 3.48. The summed E-state index contributed by atoms with van der Waals surface area (Å²) < 4.78 is 22.4. The van der Waals surface area contributed by atoms with Gasteiger partial charge in [0.2, 0.25) is 11.8 Å². The number of pyridine rings is 2. The molecule has 5 rings (SSSR count). The summed E-state index contributed by atoms with van der Waals surface area (Å²) in [5.41, 5.74) is 3.61. The van der Waals surface area contributed by atoms with E-state index in [0.29, 0.717) is 31.3 Å². The van der Waals surface area contributed by atoms with Gasteiger partial charge in [0.1, 0.15) is 12.4 Å². The van der Waals surface area contributed by atoms with E-state index in [1.807, 2.05) is 29.2 Å². The SMILES string of the molecule is COc1ccc2nccc(CCCN(CCC(=O)O)C[C@@H]3CN(C4=COC=C(C5=CC=CCC5)O4)C(=O)O3)c2n1.[LiH]. The Balaban J connectivity index is 0.00000387. The Hall–Kier alpha value is -3.78. The molecule has 0 saturated carbocycles. The number of rotatable bonds is 12. The van der Waals surface area contributed by atoms with Crippen molar-refractivity contribution in [2.75, 3.05) is 33.3 Å². The Morgan fingerprint density at radius 3 is 2.90 bits per heavy atom. The van der Waals surface area contributed by atoms with Gasteiger partial charge in [0.25, 0.3) is 0 Å². The van der Waals surface area contributed by atoms with E-state index < -0.39 is 18.2 Å². The summed E-state index contributed by atoms with van der Waals surface area (Å²) in [6, 6.07) is 5.60. The summed E-state index contributed by atoms with van der Waals surface area (Å²) in [4.78, 5) is 36.4. The van der Waals surface area contributed by atoms with Crippen LogP contribution in [0.2, 0.25) is 0 Å². The molecule has 2 aromatic rings. The van der Waals surface area contributed by atoms with Crippen LogP contribution in [0.4, 0.5) is 4.79 Å². The molecule has 1 atom stereocenters. The molecule has 0 unspecified atom stereocenters. The van der Waals surface area contributed by atoms with Crippen molar-refractivity contribution in [1.29, 1.82) is 0 Å². The van der Waals surface area contributed by atoms with Crippen LogP contribution in [0.5, 0.6) is 5.88 Å². The fourth-order valence-electron chi connectivity index (χ4n) is 4.88. The number of aryl methyl sites for hydroxylation is 1. The number of carbonyl (C=O) groups is 2. The summed E-state index contributed by atoms with van der Waals surface area (Å²) in [5, 5.41) is 9.28. The minimum absolute atomic E-state index is 0. The van der Waals surface area contributed by atoms with Gasteiger partial charge in [0.15, 0.2) is 12.0 Å². The van der Waals surface area contributed by atoms with E-state index in [1.165, 1.54) is 17.4 Å². The number of methoxy groups -OCH3 is 1. The van der Waals surface area contributed by atoms with Gasteiger partial charge in [-0.25, -0.2) is 14.7 Å². The summed E-state index contributed by atoms with van der Waals surface area (Å²) >= 11 is 0. The minimum atomic E-state index is -0.879. The molecule has 1 amide bonds. The van der Waals surface area contributed by atoms with Gasteiger partial charge >= 0.3 is 30.9 Å². The van der Waals surface area contributed by atoms with Crippen molar-refractivity contribution in [2.45, 2.75) is 38.2 Å². The quantitative estimate of drug-likeness (QED) is 0.389. The molecule has 12 heteroatoms. The summed E-state index contributed by atoms with van der Waals surface area (Å²) in [6.45, 7) is 1.61. The number of carboxylic acids is 1. The first-order valence-corrected chi connectivity index (χ1v) is 13.3. The molecular weight excluding hydrogens is 523 g/mol. The van der Waals surface area contributed by atoms with E-state index in [0.717, 1.165) is 47.9 Å². The van der Waals surface area contributed by atoms with Crippen LogP contribution in [0.25, 0.3) is 11.0 Å². The van der Waals surface area contributed by atoms with Crippen molar-refractivity contribution in [3.05, 3.63) is 77.9 Å². The van der Waals surface area contributed by atoms with Crippen molar-refractivity contribution >= 4 is 42.0 Å². The second-order valence-corrected chi connectivity index (χ2v) is 9.69. The fourth-order valence-corrected chi connectivity index (χ4v) is 4.88. The Kier molecular flexibility index (Phi) is 10.5. The molecule has 1 aliphatic carbocycles. The van der Waals surface area contributed by atoms with Crippen LogP contribution in [0.3, 0.4) is 0 Å². The maximum absolute atomic E-state index is 12.7. The Morgan fingerprint density at radius 2 is 2.12 bits per heavy atom. The summed E-state index contributed by atoms with van der Waals surface area (Å²) in [5.74, 6) is 0.479. The van der Waals surface area contributed by atoms with E-state index in [1.54, 1.807) is 19.4 Å². The molecule has 0 bridgehead atoms. The molecule has 0 aromatic carbocycles. The van der Waals surface area contributed by atoms with Crippen LogP contribution in [-0.4, -0.2) is 95.2 Å². The molecule has 11 nitrogen and oxygen atoms in total. The van der Waals surface area contributed by atoms with Crippen LogP contribution in [0, 0.1) is 0 Å². The second-order valence-electron chi connectivity index (χ2n) is 9.69. The number of nitrogens with zero attached hydrogens (tertiary/aromatic N) is 4. The third-order valence-electron chi connectivity index (χ3n) is 6.90. The van der Waals surface area contributed by atoms with Crippen LogP contribution in [-0.2, 0) is 25.4 Å². The van der Waals surface area contributed by atoms with Crippen LogP contribution < -0.4 is 4.74 Å². The van der Waals surface area contributed by atoms with Crippen LogP contribution in [0.1, 0.15) is 31.2 Å². The van der Waals surface area contributed by atoms with E-state index in [2.05, 4.69) is 16.0 Å². The Bertz CT molecular complexity index is 1390. The molecule has 0 spiro atoms. The normalized spacial score (nSPS) is 18.1. The third kappa shape index (κ3) is 7.70. The van der Waals surface area contributed by atoms with Crippen molar-refractivity contribution in [1.82, 2.24) is 19.8 Å². The molecule has 3 aliphatic rings. The monoisotopic (exact) mass is 556 g/mol. The topological polar surface area (TPSA) is 124 Å². The van der Waals surface area contributed by atoms with Gasteiger partial charge in [-0.3, -0.25) is 14.7 Å². The Labute approximate surface area is 250 Å². The van der Waals surface area contributed by atoms with E-state index in [4.69, 9.17) is 18.9 Å². The zero-order valence-electron chi connectivity index (χ0n) is 22.3. The number of carbonyl (C=O) groups excluding carboxylic acids is 1. The van der Waals surface area contributed by atoms with Gasteiger partial charge in [-0.2, -0.15) is 0 Å². The van der Waals surface area contributed by atoms with Crippen molar-refractivity contribution in [2.24, 2.45) is 0 Å². The van der Waals surface area contributed by atoms with Gasteiger partial charge in [-0.05, 0) is 55.5 Å². The third-order valence-corrected chi connectivity index (χ3v) is 6.90. The molecule has 1 fully saturated rings. The fraction of sp³-hybridized carbons (Fsp3) is 0.379. The second kappa shape index (κ2) is 14.2. The molecule has 0 radical (unpaired) electrons. The van der Waals surface area contributed by atoms with E-state index in [9.17, 15) is 14.7 Å². The molecule has 2 aliphatic heterocycles. The first-order chi connectivity index (χ1) is 19.5. The molecule has 212 valence electrons.